The van der Waals surface area contributed by atoms with Crippen molar-refractivity contribution in [3.05, 3.63) is 59.4 Å². The number of rotatable bonds is 7. The van der Waals surface area contributed by atoms with E-state index in [-0.39, 0.29) is 22.4 Å². The molecule has 2 rings (SSSR count). The van der Waals surface area contributed by atoms with E-state index >= 15 is 0 Å². The fraction of sp³-hybridized carbons (Fsp3) is 0.316. The van der Waals surface area contributed by atoms with Gasteiger partial charge in [-0.1, -0.05) is 13.8 Å². The number of carbonyl (C=O) groups excluding carboxylic acids is 1. The third-order valence-electron chi connectivity index (χ3n) is 4.16. The standard InChI is InChI=1S/C19H23FN2O3S/c1-4-15(5-2)21-19(23)14-6-8-16(9-7-14)22-26(24,25)17-10-11-18(20)13(3)12-17/h6-12,15,22H,4-5H2,1-3H3,(H,21,23). The van der Waals surface area contributed by atoms with Gasteiger partial charge in [-0.2, -0.15) is 0 Å². The predicted molar refractivity (Wildman–Crippen MR) is 100 cm³/mol. The molecule has 0 atom stereocenters. The van der Waals surface area contributed by atoms with E-state index in [9.17, 15) is 17.6 Å². The average molecular weight is 378 g/mol. The molecule has 2 aromatic rings. The van der Waals surface area contributed by atoms with Gasteiger partial charge in [0.1, 0.15) is 5.82 Å². The minimum Gasteiger partial charge on any atom is -0.349 e. The molecule has 7 heteroatoms. The lowest BCUT2D eigenvalue weighted by atomic mass is 10.1. The summed E-state index contributed by atoms with van der Waals surface area (Å²) in [6.45, 7) is 5.51. The van der Waals surface area contributed by atoms with Crippen molar-refractivity contribution in [1.29, 1.82) is 0 Å². The van der Waals surface area contributed by atoms with E-state index in [2.05, 4.69) is 10.0 Å². The smallest absolute Gasteiger partial charge is 0.261 e. The van der Waals surface area contributed by atoms with Crippen LogP contribution in [0.4, 0.5) is 10.1 Å². The molecule has 0 radical (unpaired) electrons. The molecule has 2 aromatic carbocycles. The predicted octanol–water partition coefficient (Wildman–Crippen LogP) is 3.85. The zero-order chi connectivity index (χ0) is 19.3. The highest BCUT2D eigenvalue weighted by Gasteiger charge is 2.16. The fourth-order valence-corrected chi connectivity index (χ4v) is 3.59. The Morgan fingerprint density at radius 2 is 1.69 bits per heavy atom. The molecule has 0 aliphatic carbocycles. The van der Waals surface area contributed by atoms with Crippen LogP contribution in [0.5, 0.6) is 0 Å². The molecule has 0 aliphatic rings. The molecule has 0 saturated carbocycles. The van der Waals surface area contributed by atoms with E-state index in [0.717, 1.165) is 18.9 Å². The van der Waals surface area contributed by atoms with Gasteiger partial charge in [-0.05, 0) is 67.8 Å². The number of halogens is 1. The average Bonchev–Trinajstić information content (AvgIpc) is 2.62. The Bertz CT molecular complexity index is 876. The maximum Gasteiger partial charge on any atom is 0.261 e. The summed E-state index contributed by atoms with van der Waals surface area (Å²) >= 11 is 0. The lowest BCUT2D eigenvalue weighted by molar-refractivity contribution is 0.0935. The topological polar surface area (TPSA) is 75.3 Å². The van der Waals surface area contributed by atoms with Crippen molar-refractivity contribution in [1.82, 2.24) is 5.32 Å². The zero-order valence-corrected chi connectivity index (χ0v) is 15.9. The number of nitrogens with one attached hydrogen (secondary N) is 2. The first-order valence-electron chi connectivity index (χ1n) is 8.46. The Hall–Kier alpha value is -2.41. The van der Waals surface area contributed by atoms with Gasteiger partial charge >= 0.3 is 0 Å². The number of hydrogen-bond donors (Lipinski definition) is 2. The molecule has 0 heterocycles. The van der Waals surface area contributed by atoms with Crippen LogP contribution in [0.2, 0.25) is 0 Å². The van der Waals surface area contributed by atoms with Crippen LogP contribution in [0.1, 0.15) is 42.6 Å². The SMILES string of the molecule is CCC(CC)NC(=O)c1ccc(NS(=O)(=O)c2ccc(F)c(C)c2)cc1. The molecule has 0 saturated heterocycles. The largest absolute Gasteiger partial charge is 0.349 e. The summed E-state index contributed by atoms with van der Waals surface area (Å²) in [5.41, 5.74) is 1.03. The van der Waals surface area contributed by atoms with Crippen LogP contribution >= 0.6 is 0 Å². The first kappa shape index (κ1) is 19.9. The minimum atomic E-state index is -3.83. The second kappa shape index (κ2) is 8.31. The number of benzene rings is 2. The normalized spacial score (nSPS) is 11.4. The van der Waals surface area contributed by atoms with Gasteiger partial charge < -0.3 is 5.32 Å². The highest BCUT2D eigenvalue weighted by atomic mass is 32.2. The summed E-state index contributed by atoms with van der Waals surface area (Å²) in [7, 11) is -3.83. The molecule has 0 spiro atoms. The molecular weight excluding hydrogens is 355 g/mol. The molecule has 0 bridgehead atoms. The Balaban J connectivity index is 2.13. The second-order valence-corrected chi connectivity index (χ2v) is 7.76. The lowest BCUT2D eigenvalue weighted by Gasteiger charge is -2.15. The van der Waals surface area contributed by atoms with Gasteiger partial charge in [0.05, 0.1) is 4.90 Å². The molecular formula is C19H23FN2O3S. The van der Waals surface area contributed by atoms with Crippen molar-refractivity contribution >= 4 is 21.6 Å². The van der Waals surface area contributed by atoms with Crippen LogP contribution in [0.15, 0.2) is 47.4 Å². The molecule has 0 fully saturated rings. The molecule has 26 heavy (non-hydrogen) atoms. The van der Waals surface area contributed by atoms with Gasteiger partial charge in [0.15, 0.2) is 0 Å². The van der Waals surface area contributed by atoms with Crippen molar-refractivity contribution in [2.75, 3.05) is 4.72 Å². The number of amides is 1. The quantitative estimate of drug-likeness (QED) is 0.768. The van der Waals surface area contributed by atoms with Crippen LogP contribution in [0.25, 0.3) is 0 Å². The van der Waals surface area contributed by atoms with E-state index in [1.807, 2.05) is 13.8 Å². The summed E-state index contributed by atoms with van der Waals surface area (Å²) in [5, 5.41) is 2.92. The maximum absolute atomic E-state index is 13.3. The summed E-state index contributed by atoms with van der Waals surface area (Å²) < 4.78 is 40.5. The van der Waals surface area contributed by atoms with Crippen LogP contribution in [0.3, 0.4) is 0 Å². The van der Waals surface area contributed by atoms with Crippen LogP contribution < -0.4 is 10.0 Å². The summed E-state index contributed by atoms with van der Waals surface area (Å²) in [6.07, 6.45) is 1.69. The first-order chi connectivity index (χ1) is 12.3. The maximum atomic E-state index is 13.3. The molecule has 2 N–H and O–H groups in total. The van der Waals surface area contributed by atoms with E-state index in [1.165, 1.54) is 31.2 Å². The Morgan fingerprint density at radius 3 is 2.23 bits per heavy atom. The van der Waals surface area contributed by atoms with Gasteiger partial charge in [0, 0.05) is 17.3 Å². The van der Waals surface area contributed by atoms with E-state index < -0.39 is 15.8 Å². The zero-order valence-electron chi connectivity index (χ0n) is 15.0. The van der Waals surface area contributed by atoms with Gasteiger partial charge in [0.25, 0.3) is 15.9 Å². The van der Waals surface area contributed by atoms with Crippen molar-refractivity contribution < 1.29 is 17.6 Å². The molecule has 140 valence electrons. The Kier molecular flexibility index (Phi) is 6.37. The van der Waals surface area contributed by atoms with E-state index in [0.29, 0.717) is 11.3 Å². The Morgan fingerprint density at radius 1 is 1.08 bits per heavy atom. The highest BCUT2D eigenvalue weighted by Crippen LogP contribution is 2.19. The van der Waals surface area contributed by atoms with Crippen molar-refractivity contribution in [3.8, 4) is 0 Å². The van der Waals surface area contributed by atoms with Crippen LogP contribution in [-0.2, 0) is 10.0 Å². The number of hydrogen-bond acceptors (Lipinski definition) is 3. The van der Waals surface area contributed by atoms with Crippen LogP contribution in [-0.4, -0.2) is 20.4 Å². The molecule has 0 aliphatic heterocycles. The van der Waals surface area contributed by atoms with Gasteiger partial charge in [-0.25, -0.2) is 12.8 Å². The van der Waals surface area contributed by atoms with Crippen molar-refractivity contribution in [2.45, 2.75) is 44.6 Å². The third-order valence-corrected chi connectivity index (χ3v) is 5.54. The van der Waals surface area contributed by atoms with Crippen LogP contribution in [0, 0.1) is 12.7 Å². The van der Waals surface area contributed by atoms with E-state index in [4.69, 9.17) is 0 Å². The fourth-order valence-electron chi connectivity index (χ4n) is 2.45. The molecule has 5 nitrogen and oxygen atoms in total. The monoisotopic (exact) mass is 378 g/mol. The van der Waals surface area contributed by atoms with Crippen molar-refractivity contribution in [3.63, 3.8) is 0 Å². The van der Waals surface area contributed by atoms with Gasteiger partial charge in [0.2, 0.25) is 0 Å². The number of anilines is 1. The third kappa shape index (κ3) is 4.82. The second-order valence-electron chi connectivity index (χ2n) is 6.08. The number of carbonyl (C=O) groups is 1. The Labute approximate surface area is 153 Å². The number of aryl methyl sites for hydroxylation is 1. The first-order valence-corrected chi connectivity index (χ1v) is 9.95. The van der Waals surface area contributed by atoms with Gasteiger partial charge in [-0.15, -0.1) is 0 Å². The van der Waals surface area contributed by atoms with Gasteiger partial charge in [-0.3, -0.25) is 9.52 Å². The summed E-state index contributed by atoms with van der Waals surface area (Å²) in [5.74, 6) is -0.654. The number of sulfonamides is 1. The lowest BCUT2D eigenvalue weighted by Crippen LogP contribution is -2.33. The highest BCUT2D eigenvalue weighted by molar-refractivity contribution is 7.92. The van der Waals surface area contributed by atoms with E-state index in [1.54, 1.807) is 12.1 Å². The van der Waals surface area contributed by atoms with Crippen molar-refractivity contribution in [2.24, 2.45) is 0 Å². The minimum absolute atomic E-state index is 0.0213. The summed E-state index contributed by atoms with van der Waals surface area (Å²) in [6, 6.07) is 9.89. The summed E-state index contributed by atoms with van der Waals surface area (Å²) in [4.78, 5) is 12.2. The molecule has 1 amide bonds. The molecule has 0 unspecified atom stereocenters. The molecule has 0 aromatic heterocycles.